The molecule has 0 aliphatic carbocycles. The maximum atomic E-state index is 2.63. The molecule has 0 spiro atoms. The molecule has 0 amide bonds. The number of halogens is 1. The van der Waals surface area contributed by atoms with E-state index in [-0.39, 0.29) is 12.4 Å². The van der Waals surface area contributed by atoms with Crippen molar-refractivity contribution in [1.82, 2.24) is 4.90 Å². The third kappa shape index (κ3) is 8.20. The van der Waals surface area contributed by atoms with Gasteiger partial charge in [0.15, 0.2) is 0 Å². The Bertz CT molecular complexity index is 452. The topological polar surface area (TPSA) is 3.24 Å². The molecule has 2 rings (SSSR count). The van der Waals surface area contributed by atoms with Gasteiger partial charge in [-0.2, -0.15) is 0 Å². The van der Waals surface area contributed by atoms with E-state index in [1.54, 1.807) is 0 Å². The first-order chi connectivity index (χ1) is 10.9. The van der Waals surface area contributed by atoms with E-state index in [1.165, 1.54) is 62.9 Å². The summed E-state index contributed by atoms with van der Waals surface area (Å²) < 4.78 is 0. The summed E-state index contributed by atoms with van der Waals surface area (Å²) in [5, 5.41) is 0. The van der Waals surface area contributed by atoms with Gasteiger partial charge in [0.1, 0.15) is 0 Å². The third-order valence-corrected chi connectivity index (χ3v) is 4.11. The Hall–Kier alpha value is -1.31. The monoisotopic (exact) mass is 331 g/mol. The van der Waals surface area contributed by atoms with Gasteiger partial charge in [0.2, 0.25) is 0 Å². The Morgan fingerprint density at radius 3 is 1.48 bits per heavy atom. The fourth-order valence-electron chi connectivity index (χ4n) is 2.95. The lowest BCUT2D eigenvalue weighted by Gasteiger charge is -2.21. The minimum atomic E-state index is 0. The van der Waals surface area contributed by atoms with Crippen molar-refractivity contribution in [1.29, 1.82) is 0 Å². The van der Waals surface area contributed by atoms with Gasteiger partial charge in [-0.25, -0.2) is 0 Å². The molecule has 0 saturated heterocycles. The van der Waals surface area contributed by atoms with Gasteiger partial charge in [0, 0.05) is 0 Å². The van der Waals surface area contributed by atoms with E-state index < -0.39 is 0 Å². The van der Waals surface area contributed by atoms with E-state index in [0.29, 0.717) is 0 Å². The second kappa shape index (κ2) is 12.2. The maximum Gasteiger partial charge on any atom is -0.00156 e. The van der Waals surface area contributed by atoms with Crippen LogP contribution in [0.4, 0.5) is 0 Å². The van der Waals surface area contributed by atoms with Gasteiger partial charge in [-0.05, 0) is 62.9 Å². The van der Waals surface area contributed by atoms with E-state index in [9.17, 15) is 0 Å². The molecule has 126 valence electrons. The molecule has 0 aliphatic heterocycles. The van der Waals surface area contributed by atoms with Crippen molar-refractivity contribution in [3.05, 3.63) is 71.8 Å². The molecular weight excluding hydrogens is 302 g/mol. The van der Waals surface area contributed by atoms with Crippen molar-refractivity contribution >= 4 is 12.4 Å². The fourth-order valence-corrected chi connectivity index (χ4v) is 2.95. The highest BCUT2D eigenvalue weighted by Gasteiger charge is 2.04. The van der Waals surface area contributed by atoms with Gasteiger partial charge in [-0.3, -0.25) is 0 Å². The molecule has 2 heteroatoms. The first-order valence-electron chi connectivity index (χ1n) is 8.68. The molecule has 23 heavy (non-hydrogen) atoms. The first kappa shape index (κ1) is 19.7. The normalized spacial score (nSPS) is 10.5. The number of nitrogens with zero attached hydrogens (tertiary/aromatic N) is 1. The predicted molar refractivity (Wildman–Crippen MR) is 104 cm³/mol. The molecule has 0 heterocycles. The highest BCUT2D eigenvalue weighted by Crippen LogP contribution is 2.07. The third-order valence-electron chi connectivity index (χ3n) is 4.11. The second-order valence-electron chi connectivity index (χ2n) is 6.02. The van der Waals surface area contributed by atoms with E-state index in [2.05, 4.69) is 72.5 Å². The lowest BCUT2D eigenvalue weighted by atomic mass is 10.1. The van der Waals surface area contributed by atoms with Crippen LogP contribution in [0.5, 0.6) is 0 Å². The van der Waals surface area contributed by atoms with Crippen molar-refractivity contribution in [2.45, 2.75) is 39.0 Å². The van der Waals surface area contributed by atoms with Gasteiger partial charge < -0.3 is 4.90 Å². The van der Waals surface area contributed by atoms with Crippen LogP contribution in [0.3, 0.4) is 0 Å². The zero-order valence-electron chi connectivity index (χ0n) is 14.3. The molecule has 0 radical (unpaired) electrons. The zero-order chi connectivity index (χ0) is 15.5. The molecule has 0 bridgehead atoms. The Kier molecular flexibility index (Phi) is 10.4. The molecule has 0 atom stereocenters. The zero-order valence-corrected chi connectivity index (χ0v) is 15.1. The molecule has 1 nitrogen and oxygen atoms in total. The van der Waals surface area contributed by atoms with E-state index in [1.807, 2.05) is 0 Å². The standard InChI is InChI=1S/C21H29N.ClH/c1-2-17-22(18-9-15-20-11-5-3-6-12-20)19-10-16-21-13-7-4-8-14-21;/h3-8,11-14H,2,9-10,15-19H2,1H3;1H. The van der Waals surface area contributed by atoms with Crippen LogP contribution in [0, 0.1) is 0 Å². The molecule has 0 fully saturated rings. The van der Waals surface area contributed by atoms with Crippen LogP contribution in [-0.4, -0.2) is 24.5 Å². The number of hydrogen-bond donors (Lipinski definition) is 0. The number of benzene rings is 2. The van der Waals surface area contributed by atoms with Crippen LogP contribution in [0.15, 0.2) is 60.7 Å². The Balaban J connectivity index is 0.00000264. The Morgan fingerprint density at radius 2 is 1.09 bits per heavy atom. The van der Waals surface area contributed by atoms with Crippen LogP contribution >= 0.6 is 12.4 Å². The minimum Gasteiger partial charge on any atom is -0.303 e. The summed E-state index contributed by atoms with van der Waals surface area (Å²) in [6.45, 7) is 5.94. The molecule has 0 saturated carbocycles. The van der Waals surface area contributed by atoms with Gasteiger partial charge in [-0.1, -0.05) is 67.6 Å². The lowest BCUT2D eigenvalue weighted by molar-refractivity contribution is 0.268. The molecule has 0 N–H and O–H groups in total. The summed E-state index contributed by atoms with van der Waals surface area (Å²) in [6.07, 6.45) is 6.15. The van der Waals surface area contributed by atoms with Crippen LogP contribution in [0.2, 0.25) is 0 Å². The summed E-state index contributed by atoms with van der Waals surface area (Å²) in [6, 6.07) is 21.7. The quantitative estimate of drug-likeness (QED) is 0.564. The van der Waals surface area contributed by atoms with Crippen molar-refractivity contribution in [3.8, 4) is 0 Å². The highest BCUT2D eigenvalue weighted by atomic mass is 35.5. The summed E-state index contributed by atoms with van der Waals surface area (Å²) in [4.78, 5) is 2.63. The molecule has 2 aromatic carbocycles. The van der Waals surface area contributed by atoms with Crippen LogP contribution in [-0.2, 0) is 12.8 Å². The van der Waals surface area contributed by atoms with Gasteiger partial charge in [-0.15, -0.1) is 12.4 Å². The van der Waals surface area contributed by atoms with Crippen molar-refractivity contribution in [3.63, 3.8) is 0 Å². The summed E-state index contributed by atoms with van der Waals surface area (Å²) >= 11 is 0. The molecular formula is C21H30ClN. The number of aryl methyl sites for hydroxylation is 2. The van der Waals surface area contributed by atoms with Gasteiger partial charge >= 0.3 is 0 Å². The van der Waals surface area contributed by atoms with E-state index in [4.69, 9.17) is 0 Å². The lowest BCUT2D eigenvalue weighted by Crippen LogP contribution is -2.27. The average Bonchev–Trinajstić information content (AvgIpc) is 2.57. The van der Waals surface area contributed by atoms with Crippen LogP contribution < -0.4 is 0 Å². The smallest absolute Gasteiger partial charge is 0.00156 e. The summed E-state index contributed by atoms with van der Waals surface area (Å²) in [5.41, 5.74) is 2.92. The molecule has 0 unspecified atom stereocenters. The maximum absolute atomic E-state index is 2.63. The highest BCUT2D eigenvalue weighted by molar-refractivity contribution is 5.85. The summed E-state index contributed by atoms with van der Waals surface area (Å²) in [5.74, 6) is 0. The molecule has 0 aromatic heterocycles. The van der Waals surface area contributed by atoms with E-state index >= 15 is 0 Å². The fraction of sp³-hybridized carbons (Fsp3) is 0.429. The Labute approximate surface area is 148 Å². The van der Waals surface area contributed by atoms with Gasteiger partial charge in [0.05, 0.1) is 0 Å². The SMILES string of the molecule is CCCN(CCCc1ccccc1)CCCc1ccccc1.Cl. The average molecular weight is 332 g/mol. The second-order valence-corrected chi connectivity index (χ2v) is 6.02. The number of hydrogen-bond acceptors (Lipinski definition) is 1. The predicted octanol–water partition coefficient (Wildman–Crippen LogP) is 5.39. The molecule has 0 aliphatic rings. The van der Waals surface area contributed by atoms with Crippen molar-refractivity contribution < 1.29 is 0 Å². The van der Waals surface area contributed by atoms with E-state index in [0.717, 1.165) is 0 Å². The van der Waals surface area contributed by atoms with Crippen LogP contribution in [0.1, 0.15) is 37.3 Å². The molecule has 2 aromatic rings. The van der Waals surface area contributed by atoms with Crippen molar-refractivity contribution in [2.75, 3.05) is 19.6 Å². The van der Waals surface area contributed by atoms with Crippen molar-refractivity contribution in [2.24, 2.45) is 0 Å². The first-order valence-corrected chi connectivity index (χ1v) is 8.68. The summed E-state index contributed by atoms with van der Waals surface area (Å²) in [7, 11) is 0. The van der Waals surface area contributed by atoms with Gasteiger partial charge in [0.25, 0.3) is 0 Å². The largest absolute Gasteiger partial charge is 0.303 e. The van der Waals surface area contributed by atoms with Crippen LogP contribution in [0.25, 0.3) is 0 Å². The number of rotatable bonds is 10. The Morgan fingerprint density at radius 1 is 0.652 bits per heavy atom. The minimum absolute atomic E-state index is 0.